The summed E-state index contributed by atoms with van der Waals surface area (Å²) in [6.07, 6.45) is 7.89. The SMILES string of the molecule is CC1(C)CCC2(CC1)NCC(C1CC1)CO2. The molecule has 2 nitrogen and oxygen atoms in total. The van der Waals surface area contributed by atoms with Gasteiger partial charge in [-0.25, -0.2) is 0 Å². The molecule has 0 bridgehead atoms. The number of ether oxygens (including phenoxy) is 1. The molecule has 1 spiro atoms. The molecule has 2 aliphatic carbocycles. The van der Waals surface area contributed by atoms with Gasteiger partial charge in [-0.3, -0.25) is 5.32 Å². The summed E-state index contributed by atoms with van der Waals surface area (Å²) in [5.74, 6) is 1.78. The van der Waals surface area contributed by atoms with Crippen molar-refractivity contribution < 1.29 is 4.74 Å². The van der Waals surface area contributed by atoms with E-state index in [2.05, 4.69) is 19.2 Å². The topological polar surface area (TPSA) is 21.3 Å². The fraction of sp³-hybridized carbons (Fsp3) is 1.00. The molecule has 3 fully saturated rings. The zero-order valence-corrected chi connectivity index (χ0v) is 10.7. The minimum atomic E-state index is 0.0565. The van der Waals surface area contributed by atoms with Crippen molar-refractivity contribution >= 4 is 0 Å². The maximum Gasteiger partial charge on any atom is 0.119 e. The largest absolute Gasteiger partial charge is 0.360 e. The summed E-state index contributed by atoms with van der Waals surface area (Å²) < 4.78 is 6.20. The van der Waals surface area contributed by atoms with Crippen molar-refractivity contribution in [2.45, 2.75) is 58.1 Å². The molecule has 1 unspecified atom stereocenters. The monoisotopic (exact) mass is 223 g/mol. The van der Waals surface area contributed by atoms with Crippen LogP contribution in [0.15, 0.2) is 0 Å². The van der Waals surface area contributed by atoms with E-state index in [1.165, 1.54) is 45.1 Å². The Bertz CT molecular complexity index is 250. The van der Waals surface area contributed by atoms with E-state index in [4.69, 9.17) is 4.74 Å². The number of rotatable bonds is 1. The van der Waals surface area contributed by atoms with Gasteiger partial charge in [0.15, 0.2) is 0 Å². The first kappa shape index (κ1) is 11.0. The Hall–Kier alpha value is -0.0800. The Balaban J connectivity index is 1.56. The average molecular weight is 223 g/mol. The highest BCUT2D eigenvalue weighted by atomic mass is 16.5. The van der Waals surface area contributed by atoms with E-state index in [0.29, 0.717) is 5.41 Å². The molecule has 0 amide bonds. The van der Waals surface area contributed by atoms with Crippen LogP contribution in [0, 0.1) is 17.3 Å². The van der Waals surface area contributed by atoms with Gasteiger partial charge in [0, 0.05) is 6.54 Å². The molecule has 2 heteroatoms. The van der Waals surface area contributed by atoms with Gasteiger partial charge in [0.2, 0.25) is 0 Å². The summed E-state index contributed by atoms with van der Waals surface area (Å²) in [4.78, 5) is 0. The molecule has 0 aromatic carbocycles. The Morgan fingerprint density at radius 1 is 1.00 bits per heavy atom. The van der Waals surface area contributed by atoms with Gasteiger partial charge < -0.3 is 4.74 Å². The van der Waals surface area contributed by atoms with E-state index >= 15 is 0 Å². The van der Waals surface area contributed by atoms with Crippen LogP contribution in [0.5, 0.6) is 0 Å². The van der Waals surface area contributed by atoms with E-state index in [9.17, 15) is 0 Å². The van der Waals surface area contributed by atoms with Crippen molar-refractivity contribution in [1.29, 1.82) is 0 Å². The molecular weight excluding hydrogens is 198 g/mol. The molecule has 3 rings (SSSR count). The van der Waals surface area contributed by atoms with E-state index < -0.39 is 0 Å². The summed E-state index contributed by atoms with van der Waals surface area (Å²) in [5, 5.41) is 3.72. The molecule has 0 aromatic rings. The van der Waals surface area contributed by atoms with Crippen LogP contribution in [0.2, 0.25) is 0 Å². The molecule has 1 heterocycles. The van der Waals surface area contributed by atoms with Crippen LogP contribution in [0.3, 0.4) is 0 Å². The smallest absolute Gasteiger partial charge is 0.119 e. The quantitative estimate of drug-likeness (QED) is 0.738. The molecule has 0 radical (unpaired) electrons. The molecule has 1 aliphatic heterocycles. The van der Waals surface area contributed by atoms with Crippen LogP contribution in [-0.2, 0) is 4.74 Å². The highest BCUT2D eigenvalue weighted by Crippen LogP contribution is 2.44. The van der Waals surface area contributed by atoms with Gasteiger partial charge in [-0.05, 0) is 55.8 Å². The van der Waals surface area contributed by atoms with Gasteiger partial charge >= 0.3 is 0 Å². The molecule has 0 aromatic heterocycles. The van der Waals surface area contributed by atoms with Gasteiger partial charge in [-0.2, -0.15) is 0 Å². The predicted octanol–water partition coefficient (Wildman–Crippen LogP) is 2.93. The zero-order chi connectivity index (χ0) is 11.2. The summed E-state index contributed by atoms with van der Waals surface area (Å²) >= 11 is 0. The Morgan fingerprint density at radius 3 is 2.19 bits per heavy atom. The lowest BCUT2D eigenvalue weighted by Crippen LogP contribution is -2.57. The third kappa shape index (κ3) is 2.14. The summed E-state index contributed by atoms with van der Waals surface area (Å²) in [6, 6.07) is 0. The molecule has 2 saturated carbocycles. The molecule has 1 N–H and O–H groups in total. The second-order valence-electron chi connectivity index (χ2n) is 6.95. The van der Waals surface area contributed by atoms with Gasteiger partial charge in [-0.15, -0.1) is 0 Å². The van der Waals surface area contributed by atoms with Crippen LogP contribution >= 0.6 is 0 Å². The lowest BCUT2D eigenvalue weighted by atomic mass is 9.73. The first-order valence-electron chi connectivity index (χ1n) is 6.98. The van der Waals surface area contributed by atoms with Crippen LogP contribution < -0.4 is 5.32 Å². The summed E-state index contributed by atoms with van der Waals surface area (Å²) in [5.41, 5.74) is 0.588. The van der Waals surface area contributed by atoms with Gasteiger partial charge in [0.25, 0.3) is 0 Å². The van der Waals surface area contributed by atoms with Gasteiger partial charge in [0.05, 0.1) is 6.61 Å². The minimum absolute atomic E-state index is 0.0565. The normalized spacial score (nSPS) is 37.5. The van der Waals surface area contributed by atoms with Crippen LogP contribution in [0.1, 0.15) is 52.4 Å². The minimum Gasteiger partial charge on any atom is -0.360 e. The fourth-order valence-electron chi connectivity index (χ4n) is 3.22. The number of nitrogens with one attached hydrogen (secondary N) is 1. The van der Waals surface area contributed by atoms with E-state index in [0.717, 1.165) is 18.4 Å². The molecule has 16 heavy (non-hydrogen) atoms. The predicted molar refractivity (Wildman–Crippen MR) is 65.1 cm³/mol. The number of hydrogen-bond acceptors (Lipinski definition) is 2. The Labute approximate surface area is 99.1 Å². The molecule has 1 atom stereocenters. The second kappa shape index (κ2) is 3.71. The van der Waals surface area contributed by atoms with Crippen molar-refractivity contribution in [1.82, 2.24) is 5.32 Å². The maximum absolute atomic E-state index is 6.20. The highest BCUT2D eigenvalue weighted by molar-refractivity contribution is 4.94. The maximum atomic E-state index is 6.20. The van der Waals surface area contributed by atoms with Crippen molar-refractivity contribution in [2.75, 3.05) is 13.2 Å². The van der Waals surface area contributed by atoms with Crippen LogP contribution in [0.25, 0.3) is 0 Å². The fourth-order valence-corrected chi connectivity index (χ4v) is 3.22. The number of hydrogen-bond donors (Lipinski definition) is 1. The molecule has 1 saturated heterocycles. The third-order valence-electron chi connectivity index (χ3n) is 4.96. The summed E-state index contributed by atoms with van der Waals surface area (Å²) in [7, 11) is 0. The summed E-state index contributed by atoms with van der Waals surface area (Å²) in [6.45, 7) is 6.98. The first-order chi connectivity index (χ1) is 7.59. The van der Waals surface area contributed by atoms with E-state index in [1.54, 1.807) is 0 Å². The van der Waals surface area contributed by atoms with Crippen LogP contribution in [0.4, 0.5) is 0 Å². The molecule has 92 valence electrons. The zero-order valence-electron chi connectivity index (χ0n) is 10.7. The lowest BCUT2D eigenvalue weighted by Gasteiger charge is -2.47. The van der Waals surface area contributed by atoms with Crippen LogP contribution in [-0.4, -0.2) is 18.9 Å². The Kier molecular flexibility index (Phi) is 2.56. The van der Waals surface area contributed by atoms with Gasteiger partial charge in [-0.1, -0.05) is 13.8 Å². The second-order valence-corrected chi connectivity index (χ2v) is 6.95. The Morgan fingerprint density at radius 2 is 1.69 bits per heavy atom. The van der Waals surface area contributed by atoms with Crippen molar-refractivity contribution in [3.63, 3.8) is 0 Å². The molecular formula is C14H25NO. The lowest BCUT2D eigenvalue weighted by molar-refractivity contribution is -0.149. The van der Waals surface area contributed by atoms with E-state index in [1.807, 2.05) is 0 Å². The van der Waals surface area contributed by atoms with Crippen molar-refractivity contribution in [3.8, 4) is 0 Å². The average Bonchev–Trinajstić information content (AvgIpc) is 3.08. The standard InChI is InChI=1S/C14H25NO/c1-13(2)5-7-14(8-6-13)15-9-12(10-16-14)11-3-4-11/h11-12,15H,3-10H2,1-2H3. The molecule has 3 aliphatic rings. The van der Waals surface area contributed by atoms with Gasteiger partial charge in [0.1, 0.15) is 5.72 Å². The van der Waals surface area contributed by atoms with E-state index in [-0.39, 0.29) is 5.72 Å². The van der Waals surface area contributed by atoms with Crippen molar-refractivity contribution in [2.24, 2.45) is 17.3 Å². The van der Waals surface area contributed by atoms with Crippen molar-refractivity contribution in [3.05, 3.63) is 0 Å². The first-order valence-corrected chi connectivity index (χ1v) is 6.98. The highest BCUT2D eigenvalue weighted by Gasteiger charge is 2.44. The third-order valence-corrected chi connectivity index (χ3v) is 4.96.